The number of nitrogens with zero attached hydrogens (tertiary/aromatic N) is 1. The fourth-order valence-electron chi connectivity index (χ4n) is 1.78. The quantitative estimate of drug-likeness (QED) is 0.871. The number of hydrogen-bond acceptors (Lipinski definition) is 2. The summed E-state index contributed by atoms with van der Waals surface area (Å²) >= 11 is 5.89. The second kappa shape index (κ2) is 5.62. The highest BCUT2D eigenvalue weighted by atomic mass is 35.5. The molecule has 1 N–H and O–H groups in total. The first kappa shape index (κ1) is 15.1. The number of carbonyl (C=O) groups excluding carboxylic acids is 1. The Bertz CT molecular complexity index is 711. The van der Waals surface area contributed by atoms with E-state index in [2.05, 4.69) is 4.98 Å². The molecule has 0 fully saturated rings. The van der Waals surface area contributed by atoms with Gasteiger partial charge in [0.1, 0.15) is 5.69 Å². The molecule has 0 bridgehead atoms. The number of carbonyl (C=O) groups is 1. The molecule has 0 spiro atoms. The van der Waals surface area contributed by atoms with Gasteiger partial charge in [0.25, 0.3) is 0 Å². The Kier molecular flexibility index (Phi) is 4.05. The van der Waals surface area contributed by atoms with Crippen molar-refractivity contribution in [1.82, 2.24) is 4.98 Å². The highest BCUT2D eigenvalue weighted by Crippen LogP contribution is 2.29. The lowest BCUT2D eigenvalue weighted by atomic mass is 10.1. The zero-order chi connectivity index (χ0) is 15.6. The van der Waals surface area contributed by atoms with Crippen LogP contribution in [-0.2, 0) is 12.6 Å². The molecule has 0 aliphatic heterocycles. The number of rotatable bonds is 3. The molecular weight excluding hydrogens is 305 g/mol. The number of nitriles is 1. The van der Waals surface area contributed by atoms with Crippen LogP contribution in [0.4, 0.5) is 13.2 Å². The monoisotopic (exact) mass is 312 g/mol. The van der Waals surface area contributed by atoms with E-state index in [9.17, 15) is 18.0 Å². The van der Waals surface area contributed by atoms with E-state index in [0.717, 1.165) is 24.3 Å². The van der Waals surface area contributed by atoms with Gasteiger partial charge in [-0.2, -0.15) is 18.4 Å². The van der Waals surface area contributed by atoms with E-state index in [1.807, 2.05) is 6.07 Å². The van der Waals surface area contributed by atoms with Crippen molar-refractivity contribution in [3.05, 3.63) is 57.9 Å². The minimum Gasteiger partial charge on any atom is -0.354 e. The number of ketones is 1. The maximum atomic E-state index is 12.5. The number of aromatic nitrogens is 1. The lowest BCUT2D eigenvalue weighted by molar-refractivity contribution is -0.137. The van der Waals surface area contributed by atoms with Crippen LogP contribution in [-0.4, -0.2) is 10.8 Å². The van der Waals surface area contributed by atoms with E-state index in [1.54, 1.807) is 0 Å². The number of hydrogen-bond donors (Lipinski definition) is 1. The number of halogens is 4. The van der Waals surface area contributed by atoms with Gasteiger partial charge in [-0.25, -0.2) is 0 Å². The van der Waals surface area contributed by atoms with E-state index in [4.69, 9.17) is 16.9 Å². The lowest BCUT2D eigenvalue weighted by Crippen LogP contribution is -2.07. The van der Waals surface area contributed by atoms with Crippen molar-refractivity contribution in [2.45, 2.75) is 12.6 Å². The van der Waals surface area contributed by atoms with E-state index in [1.165, 1.54) is 6.07 Å². The summed E-state index contributed by atoms with van der Waals surface area (Å²) in [6.07, 6.45) is -4.40. The number of alkyl halides is 3. The van der Waals surface area contributed by atoms with E-state index >= 15 is 0 Å². The molecule has 2 rings (SSSR count). The molecule has 0 aliphatic carbocycles. The number of H-pyrrole nitrogens is 1. The SMILES string of the molecule is N#CCc1cc(Cl)c(C(=O)c2ccc(C(F)(F)F)cc2)[nH]1. The van der Waals surface area contributed by atoms with Crippen molar-refractivity contribution in [2.24, 2.45) is 0 Å². The minimum atomic E-state index is -4.45. The fraction of sp³-hybridized carbons (Fsp3) is 0.143. The van der Waals surface area contributed by atoms with Crippen LogP contribution in [0.5, 0.6) is 0 Å². The van der Waals surface area contributed by atoms with Gasteiger partial charge in [0.05, 0.1) is 23.1 Å². The molecule has 3 nitrogen and oxygen atoms in total. The summed E-state index contributed by atoms with van der Waals surface area (Å²) in [5.74, 6) is -0.530. The first-order valence-corrected chi connectivity index (χ1v) is 6.17. The van der Waals surface area contributed by atoms with Crippen molar-refractivity contribution in [2.75, 3.05) is 0 Å². The summed E-state index contributed by atoms with van der Waals surface area (Å²) in [5, 5.41) is 8.71. The van der Waals surface area contributed by atoms with Crippen molar-refractivity contribution < 1.29 is 18.0 Å². The zero-order valence-corrected chi connectivity index (χ0v) is 11.2. The standard InChI is InChI=1S/C14H8ClF3N2O/c15-11-7-10(5-6-19)20-12(11)13(21)8-1-3-9(4-2-8)14(16,17)18/h1-4,7,20H,5H2. The Labute approximate surface area is 123 Å². The predicted octanol–water partition coefficient (Wildman–Crippen LogP) is 3.98. The summed E-state index contributed by atoms with van der Waals surface area (Å²) in [6, 6.07) is 7.19. The second-order valence-corrected chi connectivity index (χ2v) is 4.66. The van der Waals surface area contributed by atoms with Gasteiger partial charge in [-0.3, -0.25) is 4.79 Å². The summed E-state index contributed by atoms with van der Waals surface area (Å²) < 4.78 is 37.4. The van der Waals surface area contributed by atoms with Gasteiger partial charge in [0, 0.05) is 11.3 Å². The molecule has 0 aliphatic rings. The zero-order valence-electron chi connectivity index (χ0n) is 10.5. The molecule has 0 saturated heterocycles. The van der Waals surface area contributed by atoms with Crippen LogP contribution < -0.4 is 0 Å². The van der Waals surface area contributed by atoms with Gasteiger partial charge in [-0.1, -0.05) is 23.7 Å². The maximum absolute atomic E-state index is 12.5. The van der Waals surface area contributed by atoms with Gasteiger partial charge in [-0.15, -0.1) is 0 Å². The summed E-state index contributed by atoms with van der Waals surface area (Å²) in [4.78, 5) is 14.9. The van der Waals surface area contributed by atoms with Crippen molar-refractivity contribution in [1.29, 1.82) is 5.26 Å². The van der Waals surface area contributed by atoms with Crippen LogP contribution in [0.15, 0.2) is 30.3 Å². The minimum absolute atomic E-state index is 0.0556. The van der Waals surface area contributed by atoms with Crippen LogP contribution in [0, 0.1) is 11.3 Å². The first-order chi connectivity index (χ1) is 9.82. The molecule has 0 radical (unpaired) electrons. The van der Waals surface area contributed by atoms with E-state index in [0.29, 0.717) is 5.69 Å². The molecule has 2 aromatic rings. The molecule has 1 aromatic carbocycles. The summed E-state index contributed by atoms with van der Waals surface area (Å²) in [7, 11) is 0. The van der Waals surface area contributed by atoms with Crippen LogP contribution in [0.1, 0.15) is 27.3 Å². The Hall–Kier alpha value is -2.26. The highest BCUT2D eigenvalue weighted by Gasteiger charge is 2.30. The molecule has 7 heteroatoms. The van der Waals surface area contributed by atoms with Crippen molar-refractivity contribution in [3.63, 3.8) is 0 Å². The number of nitrogens with one attached hydrogen (secondary N) is 1. The first-order valence-electron chi connectivity index (χ1n) is 5.79. The van der Waals surface area contributed by atoms with Gasteiger partial charge in [-0.05, 0) is 18.2 Å². The highest BCUT2D eigenvalue weighted by molar-refractivity contribution is 6.34. The van der Waals surface area contributed by atoms with Crippen LogP contribution >= 0.6 is 11.6 Å². The Morgan fingerprint density at radius 1 is 1.29 bits per heavy atom. The number of benzene rings is 1. The molecule has 108 valence electrons. The van der Waals surface area contributed by atoms with Crippen LogP contribution in [0.3, 0.4) is 0 Å². The third-order valence-corrected chi connectivity index (χ3v) is 3.09. The molecule has 0 unspecified atom stereocenters. The van der Waals surface area contributed by atoms with Crippen molar-refractivity contribution >= 4 is 17.4 Å². The van der Waals surface area contributed by atoms with Crippen LogP contribution in [0.2, 0.25) is 5.02 Å². The largest absolute Gasteiger partial charge is 0.416 e. The van der Waals surface area contributed by atoms with E-state index in [-0.39, 0.29) is 22.7 Å². The number of aromatic amines is 1. The normalized spacial score (nSPS) is 11.2. The van der Waals surface area contributed by atoms with Crippen LogP contribution in [0.25, 0.3) is 0 Å². The molecule has 0 atom stereocenters. The van der Waals surface area contributed by atoms with E-state index < -0.39 is 17.5 Å². The summed E-state index contributed by atoms with van der Waals surface area (Å²) in [5.41, 5.74) is -0.225. The molecule has 1 heterocycles. The van der Waals surface area contributed by atoms with Gasteiger partial charge in [0.2, 0.25) is 5.78 Å². The average Bonchev–Trinajstić information content (AvgIpc) is 2.78. The molecule has 0 saturated carbocycles. The second-order valence-electron chi connectivity index (χ2n) is 4.26. The summed E-state index contributed by atoms with van der Waals surface area (Å²) in [6.45, 7) is 0. The lowest BCUT2D eigenvalue weighted by Gasteiger charge is -2.07. The molecule has 1 aromatic heterocycles. The third kappa shape index (κ3) is 3.26. The smallest absolute Gasteiger partial charge is 0.354 e. The Balaban J connectivity index is 2.30. The topological polar surface area (TPSA) is 56.6 Å². The Morgan fingerprint density at radius 3 is 2.43 bits per heavy atom. The van der Waals surface area contributed by atoms with Gasteiger partial charge < -0.3 is 4.98 Å². The third-order valence-electron chi connectivity index (χ3n) is 2.80. The molecule has 21 heavy (non-hydrogen) atoms. The van der Waals surface area contributed by atoms with Gasteiger partial charge in [0.15, 0.2) is 0 Å². The average molecular weight is 313 g/mol. The predicted molar refractivity (Wildman–Crippen MR) is 70.0 cm³/mol. The van der Waals surface area contributed by atoms with Crippen molar-refractivity contribution in [3.8, 4) is 6.07 Å². The molecular formula is C14H8ClF3N2O. The van der Waals surface area contributed by atoms with Gasteiger partial charge >= 0.3 is 6.18 Å². The molecule has 0 amide bonds. The maximum Gasteiger partial charge on any atom is 0.416 e. The Morgan fingerprint density at radius 2 is 1.90 bits per heavy atom. The fourth-order valence-corrected chi connectivity index (χ4v) is 2.05.